The maximum absolute atomic E-state index is 13.3. The molecule has 2 aromatic carbocycles. The molecule has 0 bridgehead atoms. The van der Waals surface area contributed by atoms with Gasteiger partial charge in [-0.1, -0.05) is 24.3 Å². The van der Waals surface area contributed by atoms with E-state index in [9.17, 15) is 14.4 Å². The maximum atomic E-state index is 13.3. The number of carbonyl (C=O) groups excluding carboxylic acids is 3. The fourth-order valence-corrected chi connectivity index (χ4v) is 3.89. The molecule has 1 N–H and O–H groups in total. The highest BCUT2D eigenvalue weighted by Gasteiger charge is 2.24. The van der Waals surface area contributed by atoms with Crippen molar-refractivity contribution in [3.8, 4) is 5.75 Å². The molecular formula is C24H25N3O4S. The lowest BCUT2D eigenvalue weighted by Gasteiger charge is -2.24. The first-order chi connectivity index (χ1) is 15.4. The normalized spacial score (nSPS) is 10.3. The fraction of sp³-hybridized carbons (Fsp3) is 0.208. The third-order valence-corrected chi connectivity index (χ3v) is 5.75. The van der Waals surface area contributed by atoms with E-state index < -0.39 is 0 Å². The number of anilines is 2. The van der Waals surface area contributed by atoms with Crippen LogP contribution in [0.4, 0.5) is 11.4 Å². The SMILES string of the molecule is CCN(CC(=O)Nc1cccc(OC)c1)C(=O)c1ccccc1N(C)C(=O)c1cccs1. The van der Waals surface area contributed by atoms with E-state index in [-0.39, 0.29) is 24.3 Å². The van der Waals surface area contributed by atoms with Crippen LogP contribution >= 0.6 is 11.3 Å². The molecule has 7 nitrogen and oxygen atoms in total. The summed E-state index contributed by atoms with van der Waals surface area (Å²) in [6, 6.07) is 17.5. The standard InChI is InChI=1S/C24H25N3O4S/c1-4-27(16-22(28)25-17-9-7-10-18(15-17)31-3)23(29)19-11-5-6-12-20(19)26(2)24(30)21-13-8-14-32-21/h5-15H,4,16H2,1-3H3,(H,25,28). The molecule has 0 spiro atoms. The highest BCUT2D eigenvalue weighted by atomic mass is 32.1. The molecule has 8 heteroatoms. The van der Waals surface area contributed by atoms with Crippen LogP contribution in [0.15, 0.2) is 66.0 Å². The monoisotopic (exact) mass is 451 g/mol. The minimum atomic E-state index is -0.325. The number of nitrogens with one attached hydrogen (secondary N) is 1. The molecule has 0 atom stereocenters. The van der Waals surface area contributed by atoms with Gasteiger partial charge in [0.05, 0.1) is 23.2 Å². The molecule has 0 aliphatic rings. The molecule has 3 rings (SSSR count). The fourth-order valence-electron chi connectivity index (χ4n) is 3.19. The Kier molecular flexibility index (Phi) is 7.62. The second-order valence-electron chi connectivity index (χ2n) is 6.96. The van der Waals surface area contributed by atoms with Crippen molar-refractivity contribution >= 4 is 40.4 Å². The van der Waals surface area contributed by atoms with Crippen LogP contribution in [-0.4, -0.2) is 49.9 Å². The number of benzene rings is 2. The molecule has 0 aliphatic heterocycles. The molecule has 3 aromatic rings. The van der Waals surface area contributed by atoms with Gasteiger partial charge in [0, 0.05) is 25.3 Å². The molecular weight excluding hydrogens is 426 g/mol. The van der Waals surface area contributed by atoms with Gasteiger partial charge in [0.25, 0.3) is 11.8 Å². The van der Waals surface area contributed by atoms with E-state index in [1.807, 2.05) is 11.4 Å². The summed E-state index contributed by atoms with van der Waals surface area (Å²) in [6.45, 7) is 2.02. The third kappa shape index (κ3) is 5.33. The highest BCUT2D eigenvalue weighted by molar-refractivity contribution is 7.12. The Bertz CT molecular complexity index is 1100. The first kappa shape index (κ1) is 23.0. The first-order valence-corrected chi connectivity index (χ1v) is 11.0. The average molecular weight is 452 g/mol. The molecule has 1 heterocycles. The summed E-state index contributed by atoms with van der Waals surface area (Å²) in [5.74, 6) is -0.221. The molecule has 0 saturated carbocycles. The predicted octanol–water partition coefficient (Wildman–Crippen LogP) is 4.13. The van der Waals surface area contributed by atoms with Crippen molar-refractivity contribution in [1.29, 1.82) is 0 Å². The van der Waals surface area contributed by atoms with Crippen LogP contribution in [0.3, 0.4) is 0 Å². The highest BCUT2D eigenvalue weighted by Crippen LogP contribution is 2.24. The molecule has 32 heavy (non-hydrogen) atoms. The Morgan fingerprint density at radius 1 is 1.00 bits per heavy atom. The van der Waals surface area contributed by atoms with Gasteiger partial charge in [0.15, 0.2) is 0 Å². The Morgan fingerprint density at radius 2 is 1.78 bits per heavy atom. The van der Waals surface area contributed by atoms with Gasteiger partial charge in [-0.2, -0.15) is 0 Å². The van der Waals surface area contributed by atoms with Gasteiger partial charge >= 0.3 is 0 Å². The topological polar surface area (TPSA) is 79.0 Å². The zero-order valence-corrected chi connectivity index (χ0v) is 19.0. The van der Waals surface area contributed by atoms with Crippen LogP contribution in [0.1, 0.15) is 27.0 Å². The number of hydrogen-bond acceptors (Lipinski definition) is 5. The summed E-state index contributed by atoms with van der Waals surface area (Å²) in [6.07, 6.45) is 0. The molecule has 0 saturated heterocycles. The summed E-state index contributed by atoms with van der Waals surface area (Å²) in [4.78, 5) is 42.2. The van der Waals surface area contributed by atoms with Crippen LogP contribution in [-0.2, 0) is 4.79 Å². The van der Waals surface area contributed by atoms with Crippen LogP contribution in [0.25, 0.3) is 0 Å². The van der Waals surface area contributed by atoms with Crippen LogP contribution in [0.2, 0.25) is 0 Å². The first-order valence-electron chi connectivity index (χ1n) is 10.1. The van der Waals surface area contributed by atoms with Crippen molar-refractivity contribution in [2.24, 2.45) is 0 Å². The van der Waals surface area contributed by atoms with Crippen molar-refractivity contribution < 1.29 is 19.1 Å². The number of hydrogen-bond donors (Lipinski definition) is 1. The summed E-state index contributed by atoms with van der Waals surface area (Å²) >= 11 is 1.34. The van der Waals surface area contributed by atoms with Crippen molar-refractivity contribution in [2.75, 3.05) is 37.5 Å². The van der Waals surface area contributed by atoms with E-state index in [4.69, 9.17) is 4.74 Å². The maximum Gasteiger partial charge on any atom is 0.268 e. The zero-order chi connectivity index (χ0) is 23.1. The smallest absolute Gasteiger partial charge is 0.268 e. The second-order valence-corrected chi connectivity index (χ2v) is 7.91. The molecule has 166 valence electrons. The van der Waals surface area contributed by atoms with Gasteiger partial charge in [-0.25, -0.2) is 0 Å². The van der Waals surface area contributed by atoms with Crippen molar-refractivity contribution in [1.82, 2.24) is 4.90 Å². The number of carbonyl (C=O) groups is 3. The minimum absolute atomic E-state index is 0.122. The molecule has 0 aliphatic carbocycles. The Hall–Kier alpha value is -3.65. The van der Waals surface area contributed by atoms with E-state index in [0.29, 0.717) is 34.1 Å². The number of para-hydroxylation sites is 1. The Balaban J connectivity index is 1.76. The predicted molar refractivity (Wildman–Crippen MR) is 127 cm³/mol. The minimum Gasteiger partial charge on any atom is -0.497 e. The number of methoxy groups -OCH3 is 1. The van der Waals surface area contributed by atoms with Gasteiger partial charge in [-0.3, -0.25) is 14.4 Å². The molecule has 1 aromatic heterocycles. The van der Waals surface area contributed by atoms with Gasteiger partial charge < -0.3 is 19.9 Å². The van der Waals surface area contributed by atoms with E-state index in [2.05, 4.69) is 5.32 Å². The van der Waals surface area contributed by atoms with Crippen LogP contribution < -0.4 is 15.0 Å². The van der Waals surface area contributed by atoms with Crippen LogP contribution in [0, 0.1) is 0 Å². The summed E-state index contributed by atoms with van der Waals surface area (Å²) in [7, 11) is 3.19. The van der Waals surface area contributed by atoms with E-state index in [1.54, 1.807) is 75.7 Å². The van der Waals surface area contributed by atoms with Crippen molar-refractivity contribution in [3.63, 3.8) is 0 Å². The number of rotatable bonds is 8. The number of thiophene rings is 1. The summed E-state index contributed by atoms with van der Waals surface area (Å²) < 4.78 is 5.17. The van der Waals surface area contributed by atoms with Gasteiger partial charge in [0.2, 0.25) is 5.91 Å². The molecule has 3 amide bonds. The third-order valence-electron chi connectivity index (χ3n) is 4.89. The molecule has 0 unspecified atom stereocenters. The lowest BCUT2D eigenvalue weighted by atomic mass is 10.1. The quantitative estimate of drug-likeness (QED) is 0.558. The Labute approximate surface area is 191 Å². The molecule has 0 fully saturated rings. The second kappa shape index (κ2) is 10.6. The van der Waals surface area contributed by atoms with Crippen molar-refractivity contribution in [3.05, 3.63) is 76.5 Å². The lowest BCUT2D eigenvalue weighted by Crippen LogP contribution is -2.39. The van der Waals surface area contributed by atoms with E-state index in [1.165, 1.54) is 21.1 Å². The number of ether oxygens (including phenoxy) is 1. The number of nitrogens with zero attached hydrogens (tertiary/aromatic N) is 2. The summed E-state index contributed by atoms with van der Waals surface area (Å²) in [5, 5.41) is 4.62. The number of amides is 3. The van der Waals surface area contributed by atoms with Crippen LogP contribution in [0.5, 0.6) is 5.75 Å². The number of likely N-dealkylation sites (N-methyl/N-ethyl adjacent to an activating group) is 1. The summed E-state index contributed by atoms with van der Waals surface area (Å²) in [5.41, 5.74) is 1.43. The lowest BCUT2D eigenvalue weighted by molar-refractivity contribution is -0.116. The van der Waals surface area contributed by atoms with Gasteiger partial charge in [-0.05, 0) is 42.6 Å². The zero-order valence-electron chi connectivity index (χ0n) is 18.2. The average Bonchev–Trinajstić information content (AvgIpc) is 3.36. The van der Waals surface area contributed by atoms with E-state index >= 15 is 0 Å². The molecule has 0 radical (unpaired) electrons. The largest absolute Gasteiger partial charge is 0.497 e. The van der Waals surface area contributed by atoms with Gasteiger partial charge in [0.1, 0.15) is 12.3 Å². The van der Waals surface area contributed by atoms with Crippen molar-refractivity contribution in [2.45, 2.75) is 6.92 Å². The van der Waals surface area contributed by atoms with Gasteiger partial charge in [-0.15, -0.1) is 11.3 Å². The Morgan fingerprint density at radius 3 is 2.47 bits per heavy atom. The van der Waals surface area contributed by atoms with E-state index in [0.717, 1.165) is 0 Å².